The van der Waals surface area contributed by atoms with Gasteiger partial charge in [0.25, 0.3) is 6.34 Å². The Hall–Kier alpha value is -1.32. The van der Waals surface area contributed by atoms with Crippen molar-refractivity contribution in [3.63, 3.8) is 0 Å². The maximum Gasteiger partial charge on any atom is 0.257 e. The Balaban J connectivity index is 1.81. The van der Waals surface area contributed by atoms with Crippen LogP contribution in [0.3, 0.4) is 0 Å². The first-order chi connectivity index (χ1) is 12.0. The van der Waals surface area contributed by atoms with Crippen LogP contribution >= 0.6 is 46.4 Å². The molecule has 3 rings (SSSR count). The van der Waals surface area contributed by atoms with Gasteiger partial charge >= 0.3 is 0 Å². The maximum absolute atomic E-state index is 6.60. The van der Waals surface area contributed by atoms with Crippen LogP contribution in [0, 0.1) is 0 Å². The van der Waals surface area contributed by atoms with E-state index in [1.807, 2.05) is 18.2 Å². The molecule has 2 unspecified atom stereocenters. The first kappa shape index (κ1) is 18.5. The van der Waals surface area contributed by atoms with Crippen LogP contribution in [-0.2, 0) is 11.3 Å². The monoisotopic (exact) mass is 413 g/mol. The Morgan fingerprint density at radius 1 is 1.04 bits per heavy atom. The zero-order valence-electron chi connectivity index (χ0n) is 12.9. The first-order valence-corrected chi connectivity index (χ1v) is 8.97. The highest BCUT2D eigenvalue weighted by Crippen LogP contribution is 2.31. The van der Waals surface area contributed by atoms with Crippen LogP contribution in [0.4, 0.5) is 0 Å². The molecule has 0 saturated carbocycles. The summed E-state index contributed by atoms with van der Waals surface area (Å²) in [5.74, 6) is 0. The summed E-state index contributed by atoms with van der Waals surface area (Å²) in [6.45, 7) is 0.279. The molecule has 7 heteroatoms. The minimum atomic E-state index is -0.533. The molecule has 2 atom stereocenters. The lowest BCUT2D eigenvalue weighted by molar-refractivity contribution is 0.0210. The van der Waals surface area contributed by atoms with E-state index >= 15 is 0 Å². The van der Waals surface area contributed by atoms with Crippen molar-refractivity contribution in [2.45, 2.75) is 18.2 Å². The Labute approximate surface area is 166 Å². The van der Waals surface area contributed by atoms with E-state index in [2.05, 4.69) is 11.3 Å². The van der Waals surface area contributed by atoms with Gasteiger partial charge in [0.1, 0.15) is 6.10 Å². The van der Waals surface area contributed by atoms with Crippen LogP contribution in [0.15, 0.2) is 59.9 Å². The molecular formula is C18H13Cl4N2O+. The lowest BCUT2D eigenvalue weighted by atomic mass is 10.1. The second kappa shape index (κ2) is 8.37. The topological polar surface area (TPSA) is 24.8 Å². The van der Waals surface area contributed by atoms with Gasteiger partial charge in [0, 0.05) is 15.1 Å². The third kappa shape index (κ3) is 4.65. The van der Waals surface area contributed by atoms with Gasteiger partial charge in [-0.15, -0.1) is 0 Å². The summed E-state index contributed by atoms with van der Waals surface area (Å²) in [7, 11) is 0. The van der Waals surface area contributed by atoms with Crippen LogP contribution in [-0.4, -0.2) is 16.7 Å². The van der Waals surface area contributed by atoms with E-state index in [-0.39, 0.29) is 6.61 Å². The van der Waals surface area contributed by atoms with Gasteiger partial charge in [-0.05, 0) is 40.4 Å². The maximum atomic E-state index is 6.60. The smallest absolute Gasteiger partial charge is 0.257 e. The number of hydrogen-bond donors (Lipinski definition) is 0. The number of nitrogens with zero attached hydrogens (tertiary/aromatic N) is 2. The molecule has 0 saturated heterocycles. The summed E-state index contributed by atoms with van der Waals surface area (Å²) in [4.78, 5) is 5.57. The fourth-order valence-electron chi connectivity index (χ4n) is 2.33. The molecule has 0 N–H and O–H groups in total. The molecule has 0 aliphatic carbocycles. The van der Waals surface area contributed by atoms with Crippen LogP contribution in [0.5, 0.6) is 0 Å². The van der Waals surface area contributed by atoms with Crippen molar-refractivity contribution in [3.05, 3.63) is 81.1 Å². The van der Waals surface area contributed by atoms with Crippen molar-refractivity contribution < 1.29 is 4.74 Å². The van der Waals surface area contributed by atoms with E-state index in [1.165, 1.54) is 0 Å². The van der Waals surface area contributed by atoms with Gasteiger partial charge in [-0.25, -0.2) is 0 Å². The average Bonchev–Trinajstić information content (AvgIpc) is 3.12. The summed E-state index contributed by atoms with van der Waals surface area (Å²) in [6, 6.07) is 12.6. The van der Waals surface area contributed by atoms with Crippen molar-refractivity contribution in [1.29, 1.82) is 0 Å². The van der Waals surface area contributed by atoms with E-state index in [0.717, 1.165) is 11.1 Å². The zero-order valence-corrected chi connectivity index (χ0v) is 15.9. The second-order valence-electron chi connectivity index (χ2n) is 5.33. The molecule has 0 bridgehead atoms. The molecule has 1 heterocycles. The minimum absolute atomic E-state index is 0.279. The third-order valence-corrected chi connectivity index (χ3v) is 4.90. The molecule has 3 nitrogen and oxygen atoms in total. The van der Waals surface area contributed by atoms with E-state index in [9.17, 15) is 0 Å². The molecule has 0 aromatic heterocycles. The van der Waals surface area contributed by atoms with Crippen LogP contribution in [0.1, 0.15) is 17.2 Å². The van der Waals surface area contributed by atoms with Gasteiger partial charge < -0.3 is 4.74 Å². The Morgan fingerprint density at radius 2 is 1.76 bits per heavy atom. The zero-order chi connectivity index (χ0) is 17.8. The third-order valence-electron chi connectivity index (χ3n) is 3.62. The number of alkyl halides is 1. The fourth-order valence-corrected chi connectivity index (χ4v) is 3.24. The van der Waals surface area contributed by atoms with Gasteiger partial charge in [-0.2, -0.15) is 4.90 Å². The molecule has 0 radical (unpaired) electrons. The fraction of sp³-hybridized carbons (Fsp3) is 0.167. The first-order valence-electron chi connectivity index (χ1n) is 7.40. The standard InChI is InChI=1S/C18H13Cl4N2O/c19-14-4-1-12(2-5-14)17(18(22)24-8-7-23-11-24)25-10-13-3-6-15(20)9-16(13)21/h1-9,17-18H,10H2/q+1. The molecule has 25 heavy (non-hydrogen) atoms. The molecule has 0 fully saturated rings. The number of halogens is 4. The summed E-state index contributed by atoms with van der Waals surface area (Å²) >= 11 is 24.7. The molecular weight excluding hydrogens is 402 g/mol. The van der Waals surface area contributed by atoms with Crippen LogP contribution < -0.4 is 0 Å². The Morgan fingerprint density at radius 3 is 2.40 bits per heavy atom. The van der Waals surface area contributed by atoms with Gasteiger partial charge in [-0.1, -0.05) is 64.6 Å². The lowest BCUT2D eigenvalue weighted by Crippen LogP contribution is -2.30. The summed E-state index contributed by atoms with van der Waals surface area (Å²) in [5, 5.41) is 1.76. The average molecular weight is 415 g/mol. The number of aliphatic imine (C=N–C) groups is 1. The van der Waals surface area contributed by atoms with E-state index < -0.39 is 11.6 Å². The number of rotatable bonds is 6. The molecule has 2 aromatic rings. The summed E-state index contributed by atoms with van der Waals surface area (Å²) < 4.78 is 6.09. The Bertz CT molecular complexity index is 780. The normalized spacial score (nSPS) is 15.3. The molecule has 2 aromatic carbocycles. The van der Waals surface area contributed by atoms with Crippen LogP contribution in [0.2, 0.25) is 15.1 Å². The van der Waals surface area contributed by atoms with Crippen molar-refractivity contribution >= 4 is 52.7 Å². The minimum Gasteiger partial charge on any atom is -0.365 e. The van der Waals surface area contributed by atoms with Gasteiger partial charge in [0.05, 0.1) is 6.61 Å². The van der Waals surface area contributed by atoms with Crippen molar-refractivity contribution in [2.24, 2.45) is 4.99 Å². The summed E-state index contributed by atoms with van der Waals surface area (Å²) in [6.07, 6.45) is 5.70. The molecule has 0 spiro atoms. The largest absolute Gasteiger partial charge is 0.365 e. The quantitative estimate of drug-likeness (QED) is 0.321. The highest BCUT2D eigenvalue weighted by atomic mass is 35.5. The molecule has 128 valence electrons. The van der Waals surface area contributed by atoms with Crippen LogP contribution in [0.25, 0.3) is 0 Å². The van der Waals surface area contributed by atoms with Crippen molar-refractivity contribution in [3.8, 4) is 0 Å². The van der Waals surface area contributed by atoms with Crippen molar-refractivity contribution in [1.82, 2.24) is 4.90 Å². The van der Waals surface area contributed by atoms with Gasteiger partial charge in [-0.3, -0.25) is 0 Å². The highest BCUT2D eigenvalue weighted by Gasteiger charge is 2.32. The summed E-state index contributed by atoms with van der Waals surface area (Å²) in [5.41, 5.74) is 1.18. The lowest BCUT2D eigenvalue weighted by Gasteiger charge is -2.24. The number of ether oxygens (including phenoxy) is 1. The van der Waals surface area contributed by atoms with Gasteiger partial charge in [0.2, 0.25) is 6.20 Å². The van der Waals surface area contributed by atoms with Gasteiger partial charge in [0.15, 0.2) is 11.7 Å². The Kier molecular flexibility index (Phi) is 6.19. The molecule has 0 amide bonds. The van der Waals surface area contributed by atoms with E-state index in [4.69, 9.17) is 51.1 Å². The highest BCUT2D eigenvalue weighted by molar-refractivity contribution is 6.35. The van der Waals surface area contributed by atoms with E-state index in [0.29, 0.717) is 15.1 Å². The SMILES string of the molecule is Clc1ccc(C(OCc2ccc(Cl)cc2Cl)C(Cl)N2[C+]=NC=C2)cc1. The van der Waals surface area contributed by atoms with Crippen molar-refractivity contribution in [2.75, 3.05) is 0 Å². The predicted octanol–water partition coefficient (Wildman–Crippen LogP) is 6.16. The van der Waals surface area contributed by atoms with E-state index in [1.54, 1.807) is 41.6 Å². The number of hydrogen-bond acceptors (Lipinski definition) is 3. The number of benzene rings is 2. The molecule has 1 aliphatic rings. The second-order valence-corrected chi connectivity index (χ2v) is 7.05. The molecule has 1 aliphatic heterocycles. The predicted molar refractivity (Wildman–Crippen MR) is 103 cm³/mol.